The first-order valence-corrected chi connectivity index (χ1v) is 7.78. The van der Waals surface area contributed by atoms with Gasteiger partial charge in [-0.05, 0) is 53.0 Å². The van der Waals surface area contributed by atoms with Gasteiger partial charge in [-0.3, -0.25) is 0 Å². The Labute approximate surface area is 125 Å². The van der Waals surface area contributed by atoms with E-state index in [0.717, 1.165) is 24.5 Å². The number of ether oxygens (including phenoxy) is 1. The Morgan fingerprint density at radius 2 is 1.86 bits per heavy atom. The lowest BCUT2D eigenvalue weighted by molar-refractivity contribution is 0.0315. The summed E-state index contributed by atoms with van der Waals surface area (Å²) in [5, 5.41) is 10.3. The van der Waals surface area contributed by atoms with Gasteiger partial charge in [-0.1, -0.05) is 42.5 Å². The number of fused-ring (bicyclic) bond motifs is 3. The summed E-state index contributed by atoms with van der Waals surface area (Å²) in [5.74, 6) is 0.742. The molecule has 2 nitrogen and oxygen atoms in total. The van der Waals surface area contributed by atoms with Gasteiger partial charge in [0.25, 0.3) is 0 Å². The predicted octanol–water partition coefficient (Wildman–Crippen LogP) is 3.72. The zero-order valence-corrected chi connectivity index (χ0v) is 12.1. The van der Waals surface area contributed by atoms with E-state index in [1.54, 1.807) is 0 Å². The van der Waals surface area contributed by atoms with Gasteiger partial charge in [0.1, 0.15) is 6.10 Å². The predicted molar refractivity (Wildman–Crippen MR) is 83.2 cm³/mol. The fourth-order valence-corrected chi connectivity index (χ4v) is 3.10. The SMILES string of the molecule is OC(COCC1CC1)c1ccc2c(c1)Cc1ccccc1-2. The molecule has 2 aromatic rings. The van der Waals surface area contributed by atoms with Crippen LogP contribution in [0.15, 0.2) is 42.5 Å². The summed E-state index contributed by atoms with van der Waals surface area (Å²) in [6.45, 7) is 1.20. The molecule has 2 heteroatoms. The topological polar surface area (TPSA) is 29.5 Å². The largest absolute Gasteiger partial charge is 0.386 e. The monoisotopic (exact) mass is 280 g/mol. The van der Waals surface area contributed by atoms with Crippen molar-refractivity contribution in [1.29, 1.82) is 0 Å². The van der Waals surface area contributed by atoms with Crippen LogP contribution < -0.4 is 0 Å². The van der Waals surface area contributed by atoms with Crippen LogP contribution in [0.2, 0.25) is 0 Å². The van der Waals surface area contributed by atoms with Crippen LogP contribution in [-0.2, 0) is 11.2 Å². The fraction of sp³-hybridized carbons (Fsp3) is 0.368. The Hall–Kier alpha value is -1.64. The van der Waals surface area contributed by atoms with Crippen LogP contribution in [-0.4, -0.2) is 18.3 Å². The highest BCUT2D eigenvalue weighted by Crippen LogP contribution is 2.37. The van der Waals surface area contributed by atoms with Gasteiger partial charge in [-0.15, -0.1) is 0 Å². The molecule has 1 unspecified atom stereocenters. The van der Waals surface area contributed by atoms with Gasteiger partial charge >= 0.3 is 0 Å². The molecule has 1 saturated carbocycles. The third-order valence-corrected chi connectivity index (χ3v) is 4.53. The van der Waals surface area contributed by atoms with E-state index in [0.29, 0.717) is 6.61 Å². The van der Waals surface area contributed by atoms with E-state index in [1.165, 1.54) is 35.1 Å². The fourth-order valence-electron chi connectivity index (χ4n) is 3.10. The molecule has 2 aliphatic carbocycles. The maximum absolute atomic E-state index is 10.3. The van der Waals surface area contributed by atoms with E-state index in [-0.39, 0.29) is 0 Å². The van der Waals surface area contributed by atoms with Crippen molar-refractivity contribution < 1.29 is 9.84 Å². The van der Waals surface area contributed by atoms with E-state index in [9.17, 15) is 5.11 Å². The van der Waals surface area contributed by atoms with E-state index in [1.807, 2.05) is 6.07 Å². The molecule has 108 valence electrons. The highest BCUT2D eigenvalue weighted by molar-refractivity contribution is 5.76. The van der Waals surface area contributed by atoms with Crippen LogP contribution in [0.1, 0.15) is 35.6 Å². The second-order valence-corrected chi connectivity index (χ2v) is 6.25. The normalized spacial score (nSPS) is 17.4. The number of aliphatic hydroxyl groups excluding tert-OH is 1. The second-order valence-electron chi connectivity index (χ2n) is 6.25. The zero-order valence-electron chi connectivity index (χ0n) is 12.1. The molecule has 0 radical (unpaired) electrons. The molecule has 1 atom stereocenters. The summed E-state index contributed by atoms with van der Waals surface area (Å²) in [7, 11) is 0. The second kappa shape index (κ2) is 5.28. The average molecular weight is 280 g/mol. The lowest BCUT2D eigenvalue weighted by Gasteiger charge is -2.13. The van der Waals surface area contributed by atoms with Crippen LogP contribution >= 0.6 is 0 Å². The van der Waals surface area contributed by atoms with E-state index < -0.39 is 6.10 Å². The van der Waals surface area contributed by atoms with Gasteiger partial charge < -0.3 is 9.84 Å². The molecule has 1 fully saturated rings. The molecule has 0 aliphatic heterocycles. The van der Waals surface area contributed by atoms with Crippen LogP contribution in [0.5, 0.6) is 0 Å². The lowest BCUT2D eigenvalue weighted by atomic mass is 10.0. The Kier molecular flexibility index (Phi) is 3.28. The Morgan fingerprint density at radius 1 is 1.05 bits per heavy atom. The molecule has 2 aromatic carbocycles. The number of aliphatic hydroxyl groups is 1. The molecule has 0 heterocycles. The van der Waals surface area contributed by atoms with Crippen molar-refractivity contribution in [3.05, 3.63) is 59.2 Å². The molecule has 0 amide bonds. The number of benzene rings is 2. The van der Waals surface area contributed by atoms with Crippen molar-refractivity contribution in [2.24, 2.45) is 5.92 Å². The standard InChI is InChI=1S/C19H20O2/c20-19(12-21-11-13-5-6-13)15-7-8-18-16(10-15)9-14-3-1-2-4-17(14)18/h1-4,7-8,10,13,19-20H,5-6,9,11-12H2. The molecule has 0 saturated heterocycles. The first-order chi connectivity index (χ1) is 10.3. The summed E-state index contributed by atoms with van der Waals surface area (Å²) in [4.78, 5) is 0. The van der Waals surface area contributed by atoms with Gasteiger partial charge in [0, 0.05) is 6.61 Å². The summed E-state index contributed by atoms with van der Waals surface area (Å²) < 4.78 is 5.60. The smallest absolute Gasteiger partial charge is 0.102 e. The first kappa shape index (κ1) is 13.1. The molecule has 4 rings (SSSR count). The lowest BCUT2D eigenvalue weighted by Crippen LogP contribution is -2.09. The minimum Gasteiger partial charge on any atom is -0.386 e. The van der Waals surface area contributed by atoms with Crippen molar-refractivity contribution in [2.45, 2.75) is 25.4 Å². The van der Waals surface area contributed by atoms with E-state index >= 15 is 0 Å². The van der Waals surface area contributed by atoms with Gasteiger partial charge in [-0.25, -0.2) is 0 Å². The van der Waals surface area contributed by atoms with Gasteiger partial charge in [0.05, 0.1) is 6.61 Å². The highest BCUT2D eigenvalue weighted by atomic mass is 16.5. The van der Waals surface area contributed by atoms with E-state index in [4.69, 9.17) is 4.74 Å². The highest BCUT2D eigenvalue weighted by Gasteiger charge is 2.22. The number of hydrogen-bond acceptors (Lipinski definition) is 2. The minimum absolute atomic E-state index is 0.405. The summed E-state index contributed by atoms with van der Waals surface area (Å²) >= 11 is 0. The zero-order chi connectivity index (χ0) is 14.2. The Bertz CT molecular complexity index is 658. The summed E-state index contributed by atoms with van der Waals surface area (Å²) in [6, 6.07) is 14.8. The molecule has 0 aromatic heterocycles. The van der Waals surface area contributed by atoms with Gasteiger partial charge in [-0.2, -0.15) is 0 Å². The number of rotatable bonds is 5. The molecular weight excluding hydrogens is 260 g/mol. The average Bonchev–Trinajstić information content (AvgIpc) is 3.25. The van der Waals surface area contributed by atoms with Crippen molar-refractivity contribution in [3.8, 4) is 11.1 Å². The third kappa shape index (κ3) is 2.61. The molecule has 2 aliphatic rings. The molecule has 0 bridgehead atoms. The van der Waals surface area contributed by atoms with Gasteiger partial charge in [0.15, 0.2) is 0 Å². The molecule has 0 spiro atoms. The molecule has 21 heavy (non-hydrogen) atoms. The van der Waals surface area contributed by atoms with Crippen LogP contribution in [0, 0.1) is 5.92 Å². The number of hydrogen-bond donors (Lipinski definition) is 1. The van der Waals surface area contributed by atoms with Crippen molar-refractivity contribution >= 4 is 0 Å². The van der Waals surface area contributed by atoms with Crippen molar-refractivity contribution in [2.75, 3.05) is 13.2 Å². The van der Waals surface area contributed by atoms with Crippen molar-refractivity contribution in [1.82, 2.24) is 0 Å². The van der Waals surface area contributed by atoms with E-state index in [2.05, 4.69) is 36.4 Å². The Balaban J connectivity index is 1.49. The summed E-state index contributed by atoms with van der Waals surface area (Å²) in [6.07, 6.45) is 3.02. The van der Waals surface area contributed by atoms with Gasteiger partial charge in [0.2, 0.25) is 0 Å². The quantitative estimate of drug-likeness (QED) is 0.772. The Morgan fingerprint density at radius 3 is 2.71 bits per heavy atom. The maximum Gasteiger partial charge on any atom is 0.102 e. The van der Waals surface area contributed by atoms with Crippen LogP contribution in [0.25, 0.3) is 11.1 Å². The first-order valence-electron chi connectivity index (χ1n) is 7.78. The molecule has 1 N–H and O–H groups in total. The van der Waals surface area contributed by atoms with Crippen LogP contribution in [0.4, 0.5) is 0 Å². The maximum atomic E-state index is 10.3. The minimum atomic E-state index is -0.516. The van der Waals surface area contributed by atoms with Crippen molar-refractivity contribution in [3.63, 3.8) is 0 Å². The molecular formula is C19H20O2. The third-order valence-electron chi connectivity index (χ3n) is 4.53. The van der Waals surface area contributed by atoms with Crippen LogP contribution in [0.3, 0.4) is 0 Å². The summed E-state index contributed by atoms with van der Waals surface area (Å²) in [5.41, 5.74) is 6.30.